The molecule has 2 heterocycles. The normalized spacial score (nSPS) is 11.1. The molecule has 0 spiro atoms. The van der Waals surface area contributed by atoms with Gasteiger partial charge in [-0.1, -0.05) is 35.0 Å². The van der Waals surface area contributed by atoms with Crippen molar-refractivity contribution in [1.82, 2.24) is 15.0 Å². The average molecular weight is 520 g/mol. The Morgan fingerprint density at radius 1 is 1.08 bits per heavy atom. The summed E-state index contributed by atoms with van der Waals surface area (Å²) in [6.45, 7) is 1.86. The standard InChI is InChI=1S/C27H22ClN3O6/c1-14-22-24(30-37-14)23-18(28)8-5-9-19(23)31(27(22)34)17-7-4-6-15(10-17)13-29-26(33)16-11-20(35-2)25(32)21(12-16)36-3/h4-12,32H,13H2,1-3H3,(H,29,33). The van der Waals surface area contributed by atoms with Gasteiger partial charge in [0.05, 0.1) is 24.8 Å². The first-order valence-corrected chi connectivity index (χ1v) is 11.6. The number of phenolic OH excluding ortho intramolecular Hbond substituents is 1. The first-order valence-electron chi connectivity index (χ1n) is 11.3. The number of nitrogens with one attached hydrogen (secondary N) is 1. The molecule has 0 saturated carbocycles. The number of rotatable bonds is 6. The average Bonchev–Trinajstić information content (AvgIpc) is 3.29. The number of pyridine rings is 1. The van der Waals surface area contributed by atoms with Gasteiger partial charge in [0.25, 0.3) is 11.5 Å². The van der Waals surface area contributed by atoms with Crippen LogP contribution in [0.3, 0.4) is 0 Å². The van der Waals surface area contributed by atoms with Gasteiger partial charge in [0.1, 0.15) is 16.7 Å². The van der Waals surface area contributed by atoms with Crippen molar-refractivity contribution in [3.05, 3.63) is 86.9 Å². The fourth-order valence-electron chi connectivity index (χ4n) is 4.32. The monoisotopic (exact) mass is 519 g/mol. The Morgan fingerprint density at radius 2 is 1.78 bits per heavy atom. The molecule has 9 nitrogen and oxygen atoms in total. The van der Waals surface area contributed by atoms with E-state index in [1.807, 2.05) is 12.1 Å². The molecule has 0 radical (unpaired) electrons. The van der Waals surface area contributed by atoms with Gasteiger partial charge in [0, 0.05) is 23.2 Å². The molecule has 0 fully saturated rings. The van der Waals surface area contributed by atoms with Gasteiger partial charge in [0.2, 0.25) is 5.75 Å². The van der Waals surface area contributed by atoms with Crippen LogP contribution in [0.5, 0.6) is 17.2 Å². The van der Waals surface area contributed by atoms with Crippen molar-refractivity contribution in [3.8, 4) is 22.9 Å². The van der Waals surface area contributed by atoms with Crippen molar-refractivity contribution in [2.24, 2.45) is 0 Å². The van der Waals surface area contributed by atoms with E-state index in [-0.39, 0.29) is 34.9 Å². The molecule has 5 rings (SSSR count). The number of hydrogen-bond acceptors (Lipinski definition) is 7. The van der Waals surface area contributed by atoms with Crippen molar-refractivity contribution >= 4 is 39.3 Å². The van der Waals surface area contributed by atoms with Crippen LogP contribution < -0.4 is 20.3 Å². The largest absolute Gasteiger partial charge is 0.502 e. The molecule has 0 aliphatic carbocycles. The Kier molecular flexibility index (Phi) is 6.22. The molecule has 5 aromatic rings. The SMILES string of the molecule is COc1cc(C(=O)NCc2cccc(-n3c(=O)c4c(C)onc4c4c(Cl)cccc43)c2)cc(OC)c1O. The van der Waals surface area contributed by atoms with Gasteiger partial charge in [-0.05, 0) is 48.9 Å². The smallest absolute Gasteiger partial charge is 0.268 e. The van der Waals surface area contributed by atoms with E-state index in [0.717, 1.165) is 5.56 Å². The number of aryl methyl sites for hydroxylation is 1. The van der Waals surface area contributed by atoms with Crippen LogP contribution in [-0.2, 0) is 6.54 Å². The summed E-state index contributed by atoms with van der Waals surface area (Å²) in [5.41, 5.74) is 2.33. The highest BCUT2D eigenvalue weighted by molar-refractivity contribution is 6.37. The van der Waals surface area contributed by atoms with E-state index in [0.29, 0.717) is 38.3 Å². The van der Waals surface area contributed by atoms with E-state index < -0.39 is 5.91 Å². The van der Waals surface area contributed by atoms with E-state index in [9.17, 15) is 14.7 Å². The van der Waals surface area contributed by atoms with Crippen LogP contribution in [0, 0.1) is 6.92 Å². The summed E-state index contributed by atoms with van der Waals surface area (Å²) in [5, 5.41) is 18.4. The number of aromatic nitrogens is 2. The zero-order chi connectivity index (χ0) is 26.3. The fraction of sp³-hybridized carbons (Fsp3) is 0.148. The van der Waals surface area contributed by atoms with Gasteiger partial charge in [-0.15, -0.1) is 0 Å². The van der Waals surface area contributed by atoms with Gasteiger partial charge in [0.15, 0.2) is 11.5 Å². The van der Waals surface area contributed by atoms with E-state index in [4.69, 9.17) is 25.6 Å². The van der Waals surface area contributed by atoms with Crippen LogP contribution in [-0.4, -0.2) is 35.0 Å². The van der Waals surface area contributed by atoms with Gasteiger partial charge >= 0.3 is 0 Å². The molecule has 188 valence electrons. The molecule has 2 aromatic heterocycles. The highest BCUT2D eigenvalue weighted by Gasteiger charge is 2.20. The minimum absolute atomic E-state index is 0.121. The van der Waals surface area contributed by atoms with E-state index in [2.05, 4.69) is 10.5 Å². The number of phenols is 1. The highest BCUT2D eigenvalue weighted by Crippen LogP contribution is 2.37. The number of fused-ring (bicyclic) bond motifs is 3. The Bertz CT molecular complexity index is 1720. The second-order valence-corrected chi connectivity index (χ2v) is 8.73. The zero-order valence-corrected chi connectivity index (χ0v) is 20.9. The third-order valence-corrected chi connectivity index (χ3v) is 6.43. The lowest BCUT2D eigenvalue weighted by atomic mass is 10.1. The number of halogens is 1. The van der Waals surface area contributed by atoms with Crippen LogP contribution in [0.25, 0.3) is 27.5 Å². The molecule has 3 aromatic carbocycles. The number of nitrogens with zero attached hydrogens (tertiary/aromatic N) is 2. The summed E-state index contributed by atoms with van der Waals surface area (Å²) < 4.78 is 17.1. The second-order valence-electron chi connectivity index (χ2n) is 8.32. The third-order valence-electron chi connectivity index (χ3n) is 6.11. The topological polar surface area (TPSA) is 116 Å². The number of carbonyl (C=O) groups excluding carboxylic acids is 1. The van der Waals surface area contributed by atoms with Crippen molar-refractivity contribution in [2.45, 2.75) is 13.5 Å². The number of hydrogen-bond donors (Lipinski definition) is 2. The molecule has 1 amide bonds. The van der Waals surface area contributed by atoms with Crippen molar-refractivity contribution < 1.29 is 23.9 Å². The molecule has 0 unspecified atom stereocenters. The summed E-state index contributed by atoms with van der Waals surface area (Å²) in [6, 6.07) is 15.4. The molecule has 0 atom stereocenters. The molecule has 37 heavy (non-hydrogen) atoms. The van der Waals surface area contributed by atoms with Crippen LogP contribution in [0.15, 0.2) is 63.9 Å². The molecule has 0 saturated heterocycles. The van der Waals surface area contributed by atoms with Crippen LogP contribution in [0.4, 0.5) is 0 Å². The molecule has 10 heteroatoms. The highest BCUT2D eigenvalue weighted by atomic mass is 35.5. The lowest BCUT2D eigenvalue weighted by molar-refractivity contribution is 0.0950. The number of amides is 1. The summed E-state index contributed by atoms with van der Waals surface area (Å²) in [7, 11) is 2.78. The number of methoxy groups -OCH3 is 2. The maximum Gasteiger partial charge on any atom is 0.268 e. The zero-order valence-electron chi connectivity index (χ0n) is 20.2. The predicted octanol–water partition coefficient (Wildman–Crippen LogP) is 4.75. The Balaban J connectivity index is 1.52. The van der Waals surface area contributed by atoms with Crippen LogP contribution in [0.1, 0.15) is 21.7 Å². The summed E-state index contributed by atoms with van der Waals surface area (Å²) >= 11 is 6.51. The fourth-order valence-corrected chi connectivity index (χ4v) is 4.58. The number of carbonyl (C=O) groups is 1. The maximum atomic E-state index is 13.6. The van der Waals surface area contributed by atoms with Crippen LogP contribution >= 0.6 is 11.6 Å². The van der Waals surface area contributed by atoms with Gasteiger partial charge in [-0.2, -0.15) is 0 Å². The van der Waals surface area contributed by atoms with Gasteiger partial charge in [-0.25, -0.2) is 0 Å². The Labute approximate surface area is 215 Å². The van der Waals surface area contributed by atoms with Gasteiger partial charge < -0.3 is 24.4 Å². The van der Waals surface area contributed by atoms with E-state index in [1.54, 1.807) is 41.8 Å². The molecular weight excluding hydrogens is 498 g/mol. The number of benzene rings is 3. The van der Waals surface area contributed by atoms with Crippen molar-refractivity contribution in [3.63, 3.8) is 0 Å². The van der Waals surface area contributed by atoms with Crippen molar-refractivity contribution in [2.75, 3.05) is 14.2 Å². The molecule has 0 bridgehead atoms. The van der Waals surface area contributed by atoms with Gasteiger partial charge in [-0.3, -0.25) is 14.2 Å². The summed E-state index contributed by atoms with van der Waals surface area (Å²) in [6.07, 6.45) is 0. The number of aromatic hydroxyl groups is 1. The second kappa shape index (κ2) is 9.51. The third kappa shape index (κ3) is 4.13. The Morgan fingerprint density at radius 3 is 2.49 bits per heavy atom. The molecule has 0 aliphatic rings. The predicted molar refractivity (Wildman–Crippen MR) is 139 cm³/mol. The number of ether oxygens (including phenoxy) is 2. The van der Waals surface area contributed by atoms with Crippen LogP contribution in [0.2, 0.25) is 5.02 Å². The molecule has 2 N–H and O–H groups in total. The summed E-state index contributed by atoms with van der Waals surface area (Å²) in [5.74, 6) is 0.0652. The molecular formula is C27H22ClN3O6. The lowest BCUT2D eigenvalue weighted by Crippen LogP contribution is -2.23. The maximum absolute atomic E-state index is 13.6. The van der Waals surface area contributed by atoms with E-state index >= 15 is 0 Å². The minimum atomic E-state index is -0.391. The quantitative estimate of drug-likeness (QED) is 0.332. The lowest BCUT2D eigenvalue weighted by Gasteiger charge is -2.14. The van der Waals surface area contributed by atoms with Crippen molar-refractivity contribution in [1.29, 1.82) is 0 Å². The minimum Gasteiger partial charge on any atom is -0.502 e. The first kappa shape index (κ1) is 24.2. The van der Waals surface area contributed by atoms with E-state index in [1.165, 1.54) is 26.4 Å². The Hall–Kier alpha value is -4.50. The first-order chi connectivity index (χ1) is 17.8. The summed E-state index contributed by atoms with van der Waals surface area (Å²) in [4.78, 5) is 26.4. The molecule has 0 aliphatic heterocycles.